The van der Waals surface area contributed by atoms with Crippen molar-refractivity contribution in [2.24, 2.45) is 0 Å². The van der Waals surface area contributed by atoms with Gasteiger partial charge < -0.3 is 14.4 Å². The Morgan fingerprint density at radius 2 is 1.75 bits per heavy atom. The SMILES string of the molecule is CC(C)(C)OC(=O)N1CC(c2ccc(C(F)(F)F)cc2)CC[C@H]1COC(F)F. The van der Waals surface area contributed by atoms with Crippen LogP contribution in [0.1, 0.15) is 50.7 Å². The lowest BCUT2D eigenvalue weighted by molar-refractivity contribution is -0.143. The van der Waals surface area contributed by atoms with Crippen LogP contribution < -0.4 is 0 Å². The molecule has 158 valence electrons. The quantitative estimate of drug-likeness (QED) is 0.623. The van der Waals surface area contributed by atoms with Crippen LogP contribution in [0, 0.1) is 0 Å². The molecule has 9 heteroatoms. The van der Waals surface area contributed by atoms with Gasteiger partial charge in [0.05, 0.1) is 18.2 Å². The summed E-state index contributed by atoms with van der Waals surface area (Å²) >= 11 is 0. The van der Waals surface area contributed by atoms with E-state index in [-0.39, 0.29) is 19.1 Å². The van der Waals surface area contributed by atoms with E-state index < -0.39 is 36.1 Å². The summed E-state index contributed by atoms with van der Waals surface area (Å²) < 4.78 is 72.8. The highest BCUT2D eigenvalue weighted by molar-refractivity contribution is 5.69. The monoisotopic (exact) mass is 409 g/mol. The van der Waals surface area contributed by atoms with Crippen molar-refractivity contribution in [1.29, 1.82) is 0 Å². The van der Waals surface area contributed by atoms with Gasteiger partial charge in [-0.25, -0.2) is 4.79 Å². The van der Waals surface area contributed by atoms with Gasteiger partial charge in [-0.3, -0.25) is 0 Å². The minimum atomic E-state index is -4.43. The largest absolute Gasteiger partial charge is 0.444 e. The number of likely N-dealkylation sites (tertiary alicyclic amines) is 1. The minimum Gasteiger partial charge on any atom is -0.444 e. The van der Waals surface area contributed by atoms with E-state index in [0.717, 1.165) is 12.1 Å². The summed E-state index contributed by atoms with van der Waals surface area (Å²) in [6, 6.07) is 4.18. The Bertz CT molecular complexity index is 655. The number of carbonyl (C=O) groups is 1. The third-order valence-electron chi connectivity index (χ3n) is 4.46. The van der Waals surface area contributed by atoms with Crippen molar-refractivity contribution in [3.05, 3.63) is 35.4 Å². The first kappa shape index (κ1) is 22.4. The molecular formula is C19H24F5NO3. The van der Waals surface area contributed by atoms with E-state index in [4.69, 9.17) is 4.74 Å². The van der Waals surface area contributed by atoms with Crippen LogP contribution in [0.25, 0.3) is 0 Å². The number of nitrogens with zero attached hydrogens (tertiary/aromatic N) is 1. The maximum Gasteiger partial charge on any atom is 0.416 e. The van der Waals surface area contributed by atoms with Gasteiger partial charge in [-0.15, -0.1) is 0 Å². The number of rotatable bonds is 4. The fourth-order valence-corrected chi connectivity index (χ4v) is 3.14. The summed E-state index contributed by atoms with van der Waals surface area (Å²) in [5, 5.41) is 0. The molecule has 0 N–H and O–H groups in total. The van der Waals surface area contributed by atoms with Crippen molar-refractivity contribution >= 4 is 6.09 Å². The Balaban J connectivity index is 2.16. The zero-order chi connectivity index (χ0) is 21.1. The molecule has 1 aromatic rings. The number of amides is 1. The van der Waals surface area contributed by atoms with Crippen molar-refractivity contribution < 1.29 is 36.2 Å². The van der Waals surface area contributed by atoms with Gasteiger partial charge >= 0.3 is 18.9 Å². The number of halogens is 5. The Morgan fingerprint density at radius 1 is 1.14 bits per heavy atom. The average molecular weight is 409 g/mol. The highest BCUT2D eigenvalue weighted by Crippen LogP contribution is 2.34. The van der Waals surface area contributed by atoms with Crippen molar-refractivity contribution in [2.45, 2.75) is 64.0 Å². The van der Waals surface area contributed by atoms with Crippen LogP contribution in [0.3, 0.4) is 0 Å². The highest BCUT2D eigenvalue weighted by Gasteiger charge is 2.36. The van der Waals surface area contributed by atoms with Crippen LogP contribution in [0.2, 0.25) is 0 Å². The third-order valence-corrected chi connectivity index (χ3v) is 4.46. The molecule has 1 fully saturated rings. The van der Waals surface area contributed by atoms with E-state index in [2.05, 4.69) is 4.74 Å². The minimum absolute atomic E-state index is 0.150. The molecule has 4 nitrogen and oxygen atoms in total. The zero-order valence-corrected chi connectivity index (χ0v) is 15.9. The Morgan fingerprint density at radius 3 is 2.25 bits per heavy atom. The van der Waals surface area contributed by atoms with Gasteiger partial charge in [-0.2, -0.15) is 22.0 Å². The predicted molar refractivity (Wildman–Crippen MR) is 92.1 cm³/mol. The van der Waals surface area contributed by atoms with Crippen molar-refractivity contribution in [2.75, 3.05) is 13.2 Å². The van der Waals surface area contributed by atoms with E-state index in [0.29, 0.717) is 18.4 Å². The zero-order valence-electron chi connectivity index (χ0n) is 15.9. The predicted octanol–water partition coefficient (Wildman–Crippen LogP) is 5.43. The second-order valence-electron chi connectivity index (χ2n) is 7.77. The van der Waals surface area contributed by atoms with Crippen molar-refractivity contribution in [1.82, 2.24) is 4.90 Å². The molecule has 0 radical (unpaired) electrons. The fraction of sp³-hybridized carbons (Fsp3) is 0.632. The smallest absolute Gasteiger partial charge is 0.416 e. The molecule has 1 aromatic carbocycles. The van der Waals surface area contributed by atoms with Crippen LogP contribution >= 0.6 is 0 Å². The molecular weight excluding hydrogens is 385 g/mol. The Kier molecular flexibility index (Phi) is 6.90. The number of benzene rings is 1. The average Bonchev–Trinajstić information content (AvgIpc) is 2.57. The van der Waals surface area contributed by atoms with Crippen molar-refractivity contribution in [3.63, 3.8) is 0 Å². The maximum absolute atomic E-state index is 12.7. The lowest BCUT2D eigenvalue weighted by Gasteiger charge is -2.40. The van der Waals surface area contributed by atoms with Gasteiger partial charge in [0.25, 0.3) is 0 Å². The number of hydrogen-bond acceptors (Lipinski definition) is 3. The van der Waals surface area contributed by atoms with Gasteiger partial charge in [0, 0.05) is 12.5 Å². The first-order valence-electron chi connectivity index (χ1n) is 8.93. The van der Waals surface area contributed by atoms with E-state index in [1.807, 2.05) is 0 Å². The molecule has 1 aliphatic rings. The van der Waals surface area contributed by atoms with Crippen LogP contribution in [-0.4, -0.2) is 42.4 Å². The van der Waals surface area contributed by atoms with Crippen molar-refractivity contribution in [3.8, 4) is 0 Å². The second-order valence-corrected chi connectivity index (χ2v) is 7.77. The van der Waals surface area contributed by atoms with Crippen LogP contribution in [-0.2, 0) is 15.7 Å². The Hall–Kier alpha value is -1.90. The third kappa shape index (κ3) is 6.32. The molecule has 1 unspecified atom stereocenters. The topological polar surface area (TPSA) is 38.8 Å². The molecule has 1 aliphatic heterocycles. The highest BCUT2D eigenvalue weighted by atomic mass is 19.4. The van der Waals surface area contributed by atoms with Gasteiger partial charge in [-0.1, -0.05) is 12.1 Å². The summed E-state index contributed by atoms with van der Waals surface area (Å²) in [5.74, 6) is -0.224. The summed E-state index contributed by atoms with van der Waals surface area (Å²) in [6.07, 6.45) is -4.18. The lowest BCUT2D eigenvalue weighted by atomic mass is 9.87. The van der Waals surface area contributed by atoms with Gasteiger partial charge in [0.15, 0.2) is 0 Å². The van der Waals surface area contributed by atoms with Crippen LogP contribution in [0.4, 0.5) is 26.7 Å². The molecule has 1 heterocycles. The molecule has 2 rings (SSSR count). The standard InChI is InChI=1S/C19H24F5NO3/c1-18(2,3)28-17(26)25-10-13(6-9-15(25)11-27-16(20)21)12-4-7-14(8-5-12)19(22,23)24/h4-5,7-8,13,15-16H,6,9-11H2,1-3H3/t13?,15-/m0/s1. The van der Waals surface area contributed by atoms with Crippen LogP contribution in [0.5, 0.6) is 0 Å². The van der Waals surface area contributed by atoms with E-state index in [9.17, 15) is 26.7 Å². The molecule has 28 heavy (non-hydrogen) atoms. The maximum atomic E-state index is 12.7. The summed E-state index contributed by atoms with van der Waals surface area (Å²) in [4.78, 5) is 13.9. The number of piperidine rings is 1. The summed E-state index contributed by atoms with van der Waals surface area (Å²) in [6.45, 7) is 1.92. The molecule has 1 amide bonds. The number of ether oxygens (including phenoxy) is 2. The lowest BCUT2D eigenvalue weighted by Crippen LogP contribution is -2.50. The number of alkyl halides is 5. The molecule has 0 bridgehead atoms. The normalized spacial score (nSPS) is 21.1. The van der Waals surface area contributed by atoms with Gasteiger partial charge in [0.2, 0.25) is 0 Å². The second kappa shape index (κ2) is 8.63. The van der Waals surface area contributed by atoms with E-state index in [1.165, 1.54) is 17.0 Å². The first-order chi connectivity index (χ1) is 12.9. The van der Waals surface area contributed by atoms with E-state index in [1.54, 1.807) is 20.8 Å². The Labute approximate surface area is 160 Å². The molecule has 0 aromatic heterocycles. The first-order valence-corrected chi connectivity index (χ1v) is 8.93. The van der Waals surface area contributed by atoms with Gasteiger partial charge in [0.1, 0.15) is 5.60 Å². The summed E-state index contributed by atoms with van der Waals surface area (Å²) in [5.41, 5.74) is -0.874. The van der Waals surface area contributed by atoms with Gasteiger partial charge in [-0.05, 0) is 51.3 Å². The number of hydrogen-bond donors (Lipinski definition) is 0. The summed E-state index contributed by atoms with van der Waals surface area (Å²) in [7, 11) is 0. The fourth-order valence-electron chi connectivity index (χ4n) is 3.14. The molecule has 0 spiro atoms. The van der Waals surface area contributed by atoms with E-state index >= 15 is 0 Å². The molecule has 0 aliphatic carbocycles. The molecule has 0 saturated carbocycles. The number of carbonyl (C=O) groups excluding carboxylic acids is 1. The van der Waals surface area contributed by atoms with Crippen LogP contribution in [0.15, 0.2) is 24.3 Å². The molecule has 2 atom stereocenters. The molecule has 1 saturated heterocycles.